The van der Waals surface area contributed by atoms with Crippen LogP contribution in [0.1, 0.15) is 26.3 Å². The van der Waals surface area contributed by atoms with Gasteiger partial charge in [-0.05, 0) is 44.9 Å². The molecule has 6 heteroatoms. The van der Waals surface area contributed by atoms with Crippen molar-refractivity contribution in [3.8, 4) is 5.75 Å². The normalized spacial score (nSPS) is 12.8. The van der Waals surface area contributed by atoms with Gasteiger partial charge in [0, 0.05) is 5.54 Å². The van der Waals surface area contributed by atoms with E-state index in [4.69, 9.17) is 10.8 Å². The van der Waals surface area contributed by atoms with Gasteiger partial charge in [-0.3, -0.25) is 9.59 Å². The maximum absolute atomic E-state index is 12.4. The largest absolute Gasteiger partial charge is 0.508 e. The highest BCUT2D eigenvalue weighted by atomic mass is 16.4. The second-order valence-electron chi connectivity index (χ2n) is 5.97. The summed E-state index contributed by atoms with van der Waals surface area (Å²) in [7, 11) is 0. The second-order valence-corrected chi connectivity index (χ2v) is 5.97. The van der Waals surface area contributed by atoms with Crippen LogP contribution in [-0.4, -0.2) is 45.1 Å². The van der Waals surface area contributed by atoms with E-state index in [0.29, 0.717) is 0 Å². The van der Waals surface area contributed by atoms with Crippen LogP contribution in [0.4, 0.5) is 0 Å². The van der Waals surface area contributed by atoms with Gasteiger partial charge in [-0.2, -0.15) is 0 Å². The Labute approximate surface area is 124 Å². The van der Waals surface area contributed by atoms with E-state index in [1.165, 1.54) is 17.0 Å². The Kier molecular flexibility index (Phi) is 5.32. The third-order valence-electron chi connectivity index (χ3n) is 3.08. The Morgan fingerprint density at radius 3 is 2.19 bits per heavy atom. The molecule has 0 aliphatic heterocycles. The molecule has 1 aromatic rings. The van der Waals surface area contributed by atoms with Crippen molar-refractivity contribution in [3.63, 3.8) is 0 Å². The lowest BCUT2D eigenvalue weighted by Gasteiger charge is -2.36. The number of rotatable bonds is 5. The predicted molar refractivity (Wildman–Crippen MR) is 78.9 cm³/mol. The molecule has 0 radical (unpaired) electrons. The Balaban J connectivity index is 2.82. The lowest BCUT2D eigenvalue weighted by Crippen LogP contribution is -2.54. The number of hydrogen-bond donors (Lipinski definition) is 3. The van der Waals surface area contributed by atoms with Gasteiger partial charge in [-0.25, -0.2) is 0 Å². The number of aliphatic carboxylic acids is 1. The van der Waals surface area contributed by atoms with Gasteiger partial charge in [0.25, 0.3) is 0 Å². The molecule has 1 aromatic carbocycles. The number of phenols is 1. The van der Waals surface area contributed by atoms with E-state index in [1.807, 2.05) is 0 Å². The Morgan fingerprint density at radius 1 is 1.24 bits per heavy atom. The molecule has 0 aromatic heterocycles. The number of carboxylic acid groups (broad SMARTS) is 1. The van der Waals surface area contributed by atoms with Crippen LogP contribution >= 0.6 is 0 Å². The molecular weight excluding hydrogens is 272 g/mol. The molecule has 0 fully saturated rings. The van der Waals surface area contributed by atoms with Crippen LogP contribution in [0.2, 0.25) is 0 Å². The summed E-state index contributed by atoms with van der Waals surface area (Å²) in [5, 5.41) is 18.2. The molecule has 0 heterocycles. The van der Waals surface area contributed by atoms with Crippen molar-refractivity contribution < 1.29 is 19.8 Å². The van der Waals surface area contributed by atoms with Crippen molar-refractivity contribution in [1.82, 2.24) is 4.90 Å². The van der Waals surface area contributed by atoms with E-state index in [-0.39, 0.29) is 18.7 Å². The molecule has 1 amide bonds. The highest BCUT2D eigenvalue weighted by molar-refractivity contribution is 5.86. The summed E-state index contributed by atoms with van der Waals surface area (Å²) in [4.78, 5) is 24.6. The second kappa shape index (κ2) is 6.58. The lowest BCUT2D eigenvalue weighted by atomic mass is 10.0. The smallest absolute Gasteiger partial charge is 0.323 e. The van der Waals surface area contributed by atoms with Crippen molar-refractivity contribution in [2.24, 2.45) is 5.73 Å². The first-order valence-corrected chi connectivity index (χ1v) is 6.68. The van der Waals surface area contributed by atoms with Crippen molar-refractivity contribution in [3.05, 3.63) is 29.8 Å². The standard InChI is InChI=1S/C15H22N2O4/c1-15(2,3)17(9-13(19)20)14(21)12(16)8-10-4-6-11(18)7-5-10/h4-7,12,18H,8-9,16H2,1-3H3,(H,19,20). The Hall–Kier alpha value is -2.08. The van der Waals surface area contributed by atoms with Gasteiger partial charge in [0.1, 0.15) is 12.3 Å². The topological polar surface area (TPSA) is 104 Å². The van der Waals surface area contributed by atoms with Crippen LogP contribution in [0.25, 0.3) is 0 Å². The van der Waals surface area contributed by atoms with Crippen molar-refractivity contribution in [2.75, 3.05) is 6.54 Å². The zero-order chi connectivity index (χ0) is 16.2. The van der Waals surface area contributed by atoms with Gasteiger partial charge in [0.05, 0.1) is 6.04 Å². The fourth-order valence-corrected chi connectivity index (χ4v) is 1.95. The van der Waals surface area contributed by atoms with Crippen LogP contribution in [0.5, 0.6) is 5.75 Å². The van der Waals surface area contributed by atoms with Crippen LogP contribution < -0.4 is 5.73 Å². The predicted octanol–water partition coefficient (Wildman–Crippen LogP) is 0.974. The highest BCUT2D eigenvalue weighted by Crippen LogP contribution is 2.16. The molecule has 1 atom stereocenters. The van der Waals surface area contributed by atoms with Gasteiger partial charge in [0.15, 0.2) is 0 Å². The summed E-state index contributed by atoms with van der Waals surface area (Å²) < 4.78 is 0. The number of carbonyl (C=O) groups excluding carboxylic acids is 1. The van der Waals surface area contributed by atoms with Crippen LogP contribution in [0, 0.1) is 0 Å². The minimum Gasteiger partial charge on any atom is -0.508 e. The number of hydrogen-bond acceptors (Lipinski definition) is 4. The highest BCUT2D eigenvalue weighted by Gasteiger charge is 2.31. The molecule has 116 valence electrons. The van der Waals surface area contributed by atoms with Crippen LogP contribution in [0.15, 0.2) is 24.3 Å². The van der Waals surface area contributed by atoms with Crippen molar-refractivity contribution in [1.29, 1.82) is 0 Å². The first-order chi connectivity index (χ1) is 9.61. The van der Waals surface area contributed by atoms with E-state index in [9.17, 15) is 14.7 Å². The fourth-order valence-electron chi connectivity index (χ4n) is 1.95. The monoisotopic (exact) mass is 294 g/mol. The SMILES string of the molecule is CC(C)(C)N(CC(=O)O)C(=O)C(N)Cc1ccc(O)cc1. The van der Waals surface area contributed by atoms with E-state index < -0.39 is 23.5 Å². The van der Waals surface area contributed by atoms with E-state index in [2.05, 4.69) is 0 Å². The minimum atomic E-state index is -1.07. The van der Waals surface area contributed by atoms with Crippen LogP contribution in [-0.2, 0) is 16.0 Å². The molecule has 0 aliphatic rings. The molecule has 1 unspecified atom stereocenters. The zero-order valence-electron chi connectivity index (χ0n) is 12.5. The average molecular weight is 294 g/mol. The van der Waals surface area contributed by atoms with E-state index in [0.717, 1.165) is 5.56 Å². The van der Waals surface area contributed by atoms with Crippen molar-refractivity contribution in [2.45, 2.75) is 38.8 Å². The van der Waals surface area contributed by atoms with Gasteiger partial charge in [-0.15, -0.1) is 0 Å². The summed E-state index contributed by atoms with van der Waals surface area (Å²) in [6, 6.07) is 5.58. The number of nitrogens with two attached hydrogens (primary N) is 1. The number of carbonyl (C=O) groups is 2. The Bertz CT molecular complexity index is 505. The first-order valence-electron chi connectivity index (χ1n) is 6.68. The lowest BCUT2D eigenvalue weighted by molar-refractivity contribution is -0.148. The molecular formula is C15H22N2O4. The number of carboxylic acids is 1. The first kappa shape index (κ1) is 17.0. The Morgan fingerprint density at radius 2 is 1.76 bits per heavy atom. The molecule has 0 bridgehead atoms. The molecule has 0 saturated carbocycles. The zero-order valence-corrected chi connectivity index (χ0v) is 12.5. The summed E-state index contributed by atoms with van der Waals surface area (Å²) in [6.07, 6.45) is 0.283. The van der Waals surface area contributed by atoms with Gasteiger partial charge in [0.2, 0.25) is 5.91 Å². The maximum Gasteiger partial charge on any atom is 0.323 e. The molecule has 0 aliphatic carbocycles. The van der Waals surface area contributed by atoms with Crippen LogP contribution in [0.3, 0.4) is 0 Å². The third kappa shape index (κ3) is 5.07. The van der Waals surface area contributed by atoms with Gasteiger partial charge in [-0.1, -0.05) is 12.1 Å². The van der Waals surface area contributed by atoms with E-state index in [1.54, 1.807) is 32.9 Å². The molecule has 0 spiro atoms. The minimum absolute atomic E-state index is 0.140. The van der Waals surface area contributed by atoms with Crippen molar-refractivity contribution >= 4 is 11.9 Å². The maximum atomic E-state index is 12.4. The number of phenolic OH excluding ortho intramolecular Hbond substituents is 1. The summed E-state index contributed by atoms with van der Waals surface area (Å²) >= 11 is 0. The quantitative estimate of drug-likeness (QED) is 0.751. The molecule has 21 heavy (non-hydrogen) atoms. The number of benzene rings is 1. The number of aromatic hydroxyl groups is 1. The molecule has 6 nitrogen and oxygen atoms in total. The summed E-state index contributed by atoms with van der Waals surface area (Å²) in [6.45, 7) is 4.91. The number of amides is 1. The molecule has 1 rings (SSSR count). The number of nitrogens with zero attached hydrogens (tertiary/aromatic N) is 1. The fraction of sp³-hybridized carbons (Fsp3) is 0.467. The molecule has 4 N–H and O–H groups in total. The average Bonchev–Trinajstić information content (AvgIpc) is 2.36. The van der Waals surface area contributed by atoms with E-state index >= 15 is 0 Å². The van der Waals surface area contributed by atoms with Gasteiger partial charge >= 0.3 is 5.97 Å². The summed E-state index contributed by atoms with van der Waals surface area (Å²) in [5.41, 5.74) is 6.09. The van der Waals surface area contributed by atoms with Gasteiger partial charge < -0.3 is 20.8 Å². The third-order valence-corrected chi connectivity index (χ3v) is 3.08. The summed E-state index contributed by atoms with van der Waals surface area (Å²) in [5.74, 6) is -1.34. The molecule has 0 saturated heterocycles.